The molecule has 2 heterocycles. The van der Waals surface area contributed by atoms with E-state index in [1.54, 1.807) is 24.4 Å². The fourth-order valence-corrected chi connectivity index (χ4v) is 3.71. The Morgan fingerprint density at radius 2 is 1.67 bits per heavy atom. The van der Waals surface area contributed by atoms with Gasteiger partial charge >= 0.3 is 0 Å². The third kappa shape index (κ3) is 3.14. The molecule has 1 aliphatic rings. The first kappa shape index (κ1) is 18.2. The Bertz CT molecular complexity index is 1320. The lowest BCUT2D eigenvalue weighted by atomic mass is 10.0. The smallest absolute Gasteiger partial charge is 0.231 e. The van der Waals surface area contributed by atoms with Crippen LogP contribution in [-0.2, 0) is 6.54 Å². The molecule has 4 aromatic rings. The number of rotatable bonds is 4. The molecular weight excluding hydrogens is 378 g/mol. The highest BCUT2D eigenvalue weighted by Gasteiger charge is 2.21. The zero-order valence-electron chi connectivity index (χ0n) is 16.4. The normalized spacial score (nSPS) is 12.3. The Morgan fingerprint density at radius 1 is 0.967 bits per heavy atom. The van der Waals surface area contributed by atoms with Gasteiger partial charge in [0.2, 0.25) is 12.2 Å². The molecular formula is C25H19NO4. The highest BCUT2D eigenvalue weighted by atomic mass is 16.7. The monoisotopic (exact) mass is 397 g/mol. The predicted octanol–water partition coefficient (Wildman–Crippen LogP) is 4.32. The Labute approximate surface area is 173 Å². The fourth-order valence-electron chi connectivity index (χ4n) is 3.71. The van der Waals surface area contributed by atoms with Gasteiger partial charge in [-0.05, 0) is 18.6 Å². The molecule has 0 aliphatic carbocycles. The summed E-state index contributed by atoms with van der Waals surface area (Å²) in [6.45, 7) is 2.60. The third-order valence-corrected chi connectivity index (χ3v) is 5.33. The highest BCUT2D eigenvalue weighted by Crippen LogP contribution is 2.35. The largest absolute Gasteiger partial charge is 0.454 e. The summed E-state index contributed by atoms with van der Waals surface area (Å²) in [7, 11) is 0. The number of carbonyl (C=O) groups excluding carboxylic acids is 1. The SMILES string of the molecule is Cc1ccc(C(=O)c2cn(Cc3ccccc3)c3cc4c(cc3c2=O)OCO4)cc1. The number of nitrogens with zero attached hydrogens (tertiary/aromatic N) is 1. The van der Waals surface area contributed by atoms with Crippen molar-refractivity contribution in [3.63, 3.8) is 0 Å². The van der Waals surface area contributed by atoms with Crippen LogP contribution < -0.4 is 14.9 Å². The van der Waals surface area contributed by atoms with E-state index in [2.05, 4.69) is 0 Å². The number of benzene rings is 3. The van der Waals surface area contributed by atoms with E-state index in [4.69, 9.17) is 9.47 Å². The number of hydrogen-bond donors (Lipinski definition) is 0. The molecule has 0 saturated carbocycles. The van der Waals surface area contributed by atoms with Crippen LogP contribution >= 0.6 is 0 Å². The number of hydrogen-bond acceptors (Lipinski definition) is 4. The lowest BCUT2D eigenvalue weighted by Crippen LogP contribution is -2.20. The van der Waals surface area contributed by atoms with Gasteiger partial charge in [-0.1, -0.05) is 60.2 Å². The minimum Gasteiger partial charge on any atom is -0.454 e. The van der Waals surface area contributed by atoms with E-state index in [1.165, 1.54) is 0 Å². The van der Waals surface area contributed by atoms with Crippen LogP contribution in [-0.4, -0.2) is 17.1 Å². The van der Waals surface area contributed by atoms with E-state index < -0.39 is 0 Å². The zero-order valence-corrected chi connectivity index (χ0v) is 16.4. The number of carbonyl (C=O) groups is 1. The van der Waals surface area contributed by atoms with E-state index in [0.717, 1.165) is 11.1 Å². The van der Waals surface area contributed by atoms with E-state index in [-0.39, 0.29) is 23.6 Å². The van der Waals surface area contributed by atoms with Crippen molar-refractivity contribution in [2.24, 2.45) is 0 Å². The molecule has 5 heteroatoms. The molecule has 0 spiro atoms. The molecule has 148 valence electrons. The molecule has 0 unspecified atom stereocenters. The molecule has 30 heavy (non-hydrogen) atoms. The molecule has 1 aliphatic heterocycles. The number of fused-ring (bicyclic) bond motifs is 2. The average Bonchev–Trinajstić information content (AvgIpc) is 3.23. The van der Waals surface area contributed by atoms with Crippen LogP contribution in [0.4, 0.5) is 0 Å². The predicted molar refractivity (Wildman–Crippen MR) is 114 cm³/mol. The van der Waals surface area contributed by atoms with Crippen LogP contribution in [0.5, 0.6) is 11.5 Å². The number of aromatic nitrogens is 1. The Kier molecular flexibility index (Phi) is 4.36. The van der Waals surface area contributed by atoms with Gasteiger partial charge in [0, 0.05) is 24.4 Å². The van der Waals surface area contributed by atoms with Crippen LogP contribution in [0.15, 0.2) is 77.7 Å². The summed E-state index contributed by atoms with van der Waals surface area (Å²) >= 11 is 0. The van der Waals surface area contributed by atoms with Crippen molar-refractivity contribution < 1.29 is 14.3 Å². The van der Waals surface area contributed by atoms with Crippen molar-refractivity contribution in [3.8, 4) is 11.5 Å². The second-order valence-electron chi connectivity index (χ2n) is 7.40. The lowest BCUT2D eigenvalue weighted by Gasteiger charge is -2.14. The molecule has 0 saturated heterocycles. The van der Waals surface area contributed by atoms with Gasteiger partial charge in [0.05, 0.1) is 16.5 Å². The minimum atomic E-state index is -0.307. The van der Waals surface area contributed by atoms with E-state index >= 15 is 0 Å². The number of ketones is 1. The average molecular weight is 397 g/mol. The summed E-state index contributed by atoms with van der Waals surface area (Å²) in [5.41, 5.74) is 3.14. The van der Waals surface area contributed by atoms with Gasteiger partial charge in [0.1, 0.15) is 0 Å². The van der Waals surface area contributed by atoms with Crippen molar-refractivity contribution in [2.75, 3.05) is 6.79 Å². The molecule has 0 amide bonds. The van der Waals surface area contributed by atoms with Crippen molar-refractivity contribution >= 4 is 16.7 Å². The van der Waals surface area contributed by atoms with Crippen LogP contribution in [0.25, 0.3) is 10.9 Å². The van der Waals surface area contributed by atoms with Gasteiger partial charge in [-0.15, -0.1) is 0 Å². The van der Waals surface area contributed by atoms with Gasteiger partial charge < -0.3 is 14.0 Å². The van der Waals surface area contributed by atoms with Gasteiger partial charge in [-0.25, -0.2) is 0 Å². The Morgan fingerprint density at radius 3 is 2.40 bits per heavy atom. The summed E-state index contributed by atoms with van der Waals surface area (Å²) < 4.78 is 12.9. The van der Waals surface area contributed by atoms with E-state index in [9.17, 15) is 9.59 Å². The van der Waals surface area contributed by atoms with E-state index in [1.807, 2.05) is 60.0 Å². The third-order valence-electron chi connectivity index (χ3n) is 5.33. The van der Waals surface area contributed by atoms with Gasteiger partial charge in [0.25, 0.3) is 0 Å². The maximum atomic E-state index is 13.3. The number of pyridine rings is 1. The molecule has 0 N–H and O–H groups in total. The van der Waals surface area contributed by atoms with Crippen LogP contribution in [0, 0.1) is 6.92 Å². The van der Waals surface area contributed by atoms with Crippen LogP contribution in [0.3, 0.4) is 0 Å². The highest BCUT2D eigenvalue weighted by molar-refractivity contribution is 6.10. The van der Waals surface area contributed by atoms with Gasteiger partial charge in [-0.2, -0.15) is 0 Å². The molecule has 5 rings (SSSR count). The van der Waals surface area contributed by atoms with Gasteiger partial charge in [0.15, 0.2) is 17.3 Å². The van der Waals surface area contributed by atoms with Gasteiger partial charge in [-0.3, -0.25) is 9.59 Å². The Hall–Kier alpha value is -3.86. The fraction of sp³-hybridized carbons (Fsp3) is 0.120. The first-order valence-electron chi connectivity index (χ1n) is 9.72. The lowest BCUT2D eigenvalue weighted by molar-refractivity contribution is 0.103. The van der Waals surface area contributed by atoms with E-state index in [0.29, 0.717) is 34.5 Å². The second-order valence-corrected chi connectivity index (χ2v) is 7.40. The van der Waals surface area contributed by atoms with Crippen molar-refractivity contribution in [3.05, 3.63) is 105 Å². The van der Waals surface area contributed by atoms with Crippen LogP contribution in [0.1, 0.15) is 27.0 Å². The van der Waals surface area contributed by atoms with Crippen LogP contribution in [0.2, 0.25) is 0 Å². The molecule has 5 nitrogen and oxygen atoms in total. The molecule has 3 aromatic carbocycles. The summed E-state index contributed by atoms with van der Waals surface area (Å²) in [5.74, 6) is 0.827. The molecule has 0 radical (unpaired) electrons. The standard InChI is InChI=1S/C25H19NO4/c1-16-7-9-18(10-8-16)24(27)20-14-26(13-17-5-3-2-4-6-17)21-12-23-22(29-15-30-23)11-19(21)25(20)28/h2-12,14H,13,15H2,1H3. The first-order valence-corrected chi connectivity index (χ1v) is 9.72. The molecule has 1 aromatic heterocycles. The Balaban J connectivity index is 1.72. The summed E-state index contributed by atoms with van der Waals surface area (Å²) in [6.07, 6.45) is 1.65. The maximum Gasteiger partial charge on any atom is 0.231 e. The number of ether oxygens (including phenoxy) is 2. The summed E-state index contributed by atoms with van der Waals surface area (Å²) in [4.78, 5) is 26.5. The van der Waals surface area contributed by atoms with Crippen molar-refractivity contribution in [2.45, 2.75) is 13.5 Å². The summed E-state index contributed by atoms with van der Waals surface area (Å²) in [6, 6.07) is 20.6. The molecule has 0 bridgehead atoms. The maximum absolute atomic E-state index is 13.3. The zero-order chi connectivity index (χ0) is 20.7. The second kappa shape index (κ2) is 7.19. The topological polar surface area (TPSA) is 57.5 Å². The number of aryl methyl sites for hydroxylation is 1. The van der Waals surface area contributed by atoms with Crippen molar-refractivity contribution in [1.82, 2.24) is 4.57 Å². The first-order chi connectivity index (χ1) is 14.6. The summed E-state index contributed by atoms with van der Waals surface area (Å²) in [5, 5.41) is 0.438. The quantitative estimate of drug-likeness (QED) is 0.481. The van der Waals surface area contributed by atoms with Crippen molar-refractivity contribution in [1.29, 1.82) is 0 Å². The minimum absolute atomic E-state index is 0.119. The molecule has 0 atom stereocenters. The molecule has 0 fully saturated rings.